The quantitative estimate of drug-likeness (QED) is 0.712. The van der Waals surface area contributed by atoms with Gasteiger partial charge in [0.05, 0.1) is 30.4 Å². The molecule has 7 nitrogen and oxygen atoms in total. The molecule has 1 aliphatic rings. The molecule has 1 aliphatic heterocycles. The Bertz CT molecular complexity index is 908. The minimum absolute atomic E-state index is 0.0115. The summed E-state index contributed by atoms with van der Waals surface area (Å²) in [6.45, 7) is 3.53. The van der Waals surface area contributed by atoms with Crippen molar-refractivity contribution in [2.24, 2.45) is 0 Å². The van der Waals surface area contributed by atoms with Crippen LogP contribution in [-0.2, 0) is 0 Å². The minimum Gasteiger partial charge on any atom is -0.507 e. The summed E-state index contributed by atoms with van der Waals surface area (Å²) >= 11 is 0. The van der Waals surface area contributed by atoms with Crippen LogP contribution in [0.15, 0.2) is 36.4 Å². The lowest BCUT2D eigenvalue weighted by Gasteiger charge is -2.27. The Morgan fingerprint density at radius 3 is 2.43 bits per heavy atom. The topological polar surface area (TPSA) is 96.3 Å². The molecule has 28 heavy (non-hydrogen) atoms. The van der Waals surface area contributed by atoms with Gasteiger partial charge in [0.25, 0.3) is 11.8 Å². The van der Waals surface area contributed by atoms with Crippen molar-refractivity contribution in [2.75, 3.05) is 13.7 Å². The number of aliphatic hydroxyl groups excluding tert-OH is 1. The predicted octanol–water partition coefficient (Wildman–Crippen LogP) is 2.91. The summed E-state index contributed by atoms with van der Waals surface area (Å²) in [5, 5.41) is 19.6. The molecule has 1 unspecified atom stereocenters. The SMILES string of the molecule is COc1ccc(C(CCO)N2C(=O)c3cccc(O)c3C2=O)cc1OC(C)C. The Morgan fingerprint density at radius 1 is 1.07 bits per heavy atom. The number of rotatable bonds is 7. The van der Waals surface area contributed by atoms with Crippen molar-refractivity contribution < 1.29 is 29.3 Å². The summed E-state index contributed by atoms with van der Waals surface area (Å²) in [6.07, 6.45) is 0.0522. The number of carbonyl (C=O) groups is 2. The van der Waals surface area contributed by atoms with Gasteiger partial charge in [0.15, 0.2) is 11.5 Å². The van der Waals surface area contributed by atoms with E-state index in [1.54, 1.807) is 18.2 Å². The number of aromatic hydroxyl groups is 1. The average molecular weight is 385 g/mol. The van der Waals surface area contributed by atoms with Gasteiger partial charge in [-0.25, -0.2) is 0 Å². The van der Waals surface area contributed by atoms with Gasteiger partial charge in [-0.05, 0) is 50.1 Å². The minimum atomic E-state index is -0.711. The number of nitrogens with zero attached hydrogens (tertiary/aromatic N) is 1. The first-order valence-corrected chi connectivity index (χ1v) is 9.04. The number of hydrogen-bond acceptors (Lipinski definition) is 6. The van der Waals surface area contributed by atoms with Crippen molar-refractivity contribution >= 4 is 11.8 Å². The summed E-state index contributed by atoms with van der Waals surface area (Å²) in [4.78, 5) is 26.9. The van der Waals surface area contributed by atoms with E-state index >= 15 is 0 Å². The number of phenols is 1. The second-order valence-electron chi connectivity index (χ2n) is 6.78. The molecule has 148 valence electrons. The molecule has 0 fully saturated rings. The van der Waals surface area contributed by atoms with Crippen LogP contribution in [0.5, 0.6) is 17.2 Å². The second kappa shape index (κ2) is 7.90. The number of fused-ring (bicyclic) bond motifs is 1. The number of amides is 2. The number of benzene rings is 2. The molecule has 1 atom stereocenters. The van der Waals surface area contributed by atoms with Crippen molar-refractivity contribution in [1.29, 1.82) is 0 Å². The van der Waals surface area contributed by atoms with E-state index in [-0.39, 0.29) is 36.0 Å². The second-order valence-corrected chi connectivity index (χ2v) is 6.78. The molecule has 0 aliphatic carbocycles. The maximum Gasteiger partial charge on any atom is 0.265 e. The van der Waals surface area contributed by atoms with E-state index in [2.05, 4.69) is 0 Å². The molecular formula is C21H23NO6. The Labute approximate surface area is 163 Å². The first-order valence-electron chi connectivity index (χ1n) is 9.04. The molecule has 1 heterocycles. The summed E-state index contributed by atoms with van der Waals surface area (Å²) in [5.41, 5.74) is 0.766. The van der Waals surface area contributed by atoms with Crippen LogP contribution >= 0.6 is 0 Å². The van der Waals surface area contributed by atoms with E-state index in [0.717, 1.165) is 4.90 Å². The van der Waals surface area contributed by atoms with Crippen LogP contribution < -0.4 is 9.47 Å². The van der Waals surface area contributed by atoms with Crippen LogP contribution in [-0.4, -0.2) is 46.7 Å². The fraction of sp³-hybridized carbons (Fsp3) is 0.333. The van der Waals surface area contributed by atoms with Gasteiger partial charge in [-0.15, -0.1) is 0 Å². The van der Waals surface area contributed by atoms with Gasteiger partial charge in [-0.2, -0.15) is 0 Å². The zero-order valence-corrected chi connectivity index (χ0v) is 16.0. The maximum atomic E-state index is 12.9. The highest BCUT2D eigenvalue weighted by molar-refractivity contribution is 6.22. The van der Waals surface area contributed by atoms with Crippen molar-refractivity contribution in [3.8, 4) is 17.2 Å². The smallest absolute Gasteiger partial charge is 0.265 e. The fourth-order valence-corrected chi connectivity index (χ4v) is 3.38. The lowest BCUT2D eigenvalue weighted by Crippen LogP contribution is -2.34. The molecule has 0 radical (unpaired) electrons. The molecule has 0 bridgehead atoms. The number of carbonyl (C=O) groups excluding carboxylic acids is 2. The van der Waals surface area contributed by atoms with Gasteiger partial charge in [-0.1, -0.05) is 12.1 Å². The third kappa shape index (κ3) is 3.41. The summed E-state index contributed by atoms with van der Waals surface area (Å²) in [5.74, 6) is -0.313. The summed E-state index contributed by atoms with van der Waals surface area (Å²) < 4.78 is 11.1. The van der Waals surface area contributed by atoms with Gasteiger partial charge in [-0.3, -0.25) is 14.5 Å². The first-order chi connectivity index (χ1) is 13.4. The molecule has 2 N–H and O–H groups in total. The highest BCUT2D eigenvalue weighted by atomic mass is 16.5. The van der Waals surface area contributed by atoms with Crippen molar-refractivity contribution in [3.05, 3.63) is 53.1 Å². The van der Waals surface area contributed by atoms with Gasteiger partial charge >= 0.3 is 0 Å². The zero-order chi connectivity index (χ0) is 20.4. The molecule has 0 saturated carbocycles. The number of aliphatic hydroxyl groups is 1. The summed E-state index contributed by atoms with van der Waals surface area (Å²) in [7, 11) is 1.53. The Hall–Kier alpha value is -3.06. The lowest BCUT2D eigenvalue weighted by molar-refractivity contribution is 0.0557. The Morgan fingerprint density at radius 2 is 1.82 bits per heavy atom. The van der Waals surface area contributed by atoms with E-state index in [0.29, 0.717) is 17.1 Å². The van der Waals surface area contributed by atoms with Crippen molar-refractivity contribution in [3.63, 3.8) is 0 Å². The molecule has 0 aromatic heterocycles. The number of phenolic OH excluding ortho intramolecular Hbond substituents is 1. The van der Waals surface area contributed by atoms with Crippen LogP contribution in [0.2, 0.25) is 0 Å². The molecule has 2 amide bonds. The molecule has 7 heteroatoms. The normalized spacial score (nSPS) is 14.4. The van der Waals surface area contributed by atoms with E-state index in [9.17, 15) is 19.8 Å². The zero-order valence-electron chi connectivity index (χ0n) is 16.0. The van der Waals surface area contributed by atoms with Crippen LogP contribution in [0.1, 0.15) is 52.6 Å². The van der Waals surface area contributed by atoms with Crippen LogP contribution in [0.4, 0.5) is 0 Å². The Kier molecular flexibility index (Phi) is 5.56. The average Bonchev–Trinajstić information content (AvgIpc) is 2.91. The van der Waals surface area contributed by atoms with Crippen LogP contribution in [0.3, 0.4) is 0 Å². The lowest BCUT2D eigenvalue weighted by atomic mass is 10.0. The summed E-state index contributed by atoms with van der Waals surface area (Å²) in [6, 6.07) is 8.83. The standard InChI is InChI=1S/C21H23NO6/c1-12(2)28-18-11-13(7-8-17(18)27-3)15(9-10-23)22-20(25)14-5-4-6-16(24)19(14)21(22)26/h4-8,11-12,15,23-24H,9-10H2,1-3H3. The van der Waals surface area contributed by atoms with Gasteiger partial charge < -0.3 is 19.7 Å². The van der Waals surface area contributed by atoms with E-state index < -0.39 is 17.9 Å². The van der Waals surface area contributed by atoms with Gasteiger partial charge in [0.2, 0.25) is 0 Å². The first kappa shape index (κ1) is 19.7. The number of imide groups is 1. The largest absolute Gasteiger partial charge is 0.507 e. The van der Waals surface area contributed by atoms with Crippen LogP contribution in [0.25, 0.3) is 0 Å². The monoisotopic (exact) mass is 385 g/mol. The number of methoxy groups -OCH3 is 1. The molecule has 0 spiro atoms. The third-order valence-corrected chi connectivity index (χ3v) is 4.57. The van der Waals surface area contributed by atoms with E-state index in [4.69, 9.17) is 9.47 Å². The van der Waals surface area contributed by atoms with E-state index in [1.165, 1.54) is 25.3 Å². The third-order valence-electron chi connectivity index (χ3n) is 4.57. The Balaban J connectivity index is 2.05. The van der Waals surface area contributed by atoms with Crippen molar-refractivity contribution in [1.82, 2.24) is 4.90 Å². The van der Waals surface area contributed by atoms with Gasteiger partial charge in [0, 0.05) is 6.61 Å². The highest BCUT2D eigenvalue weighted by Crippen LogP contribution is 2.39. The fourth-order valence-electron chi connectivity index (χ4n) is 3.38. The maximum absolute atomic E-state index is 12.9. The predicted molar refractivity (Wildman–Crippen MR) is 102 cm³/mol. The highest BCUT2D eigenvalue weighted by Gasteiger charge is 2.42. The van der Waals surface area contributed by atoms with Gasteiger partial charge in [0.1, 0.15) is 5.75 Å². The molecule has 0 saturated heterocycles. The molecule has 3 rings (SSSR count). The number of hydrogen-bond donors (Lipinski definition) is 2. The number of ether oxygens (including phenoxy) is 2. The van der Waals surface area contributed by atoms with E-state index in [1.807, 2.05) is 13.8 Å². The molecule has 2 aromatic carbocycles. The molecule has 2 aromatic rings. The van der Waals surface area contributed by atoms with Crippen LogP contribution in [0, 0.1) is 0 Å². The molecular weight excluding hydrogens is 362 g/mol. The van der Waals surface area contributed by atoms with Crippen molar-refractivity contribution in [2.45, 2.75) is 32.4 Å².